The van der Waals surface area contributed by atoms with E-state index in [1.54, 1.807) is 12.1 Å². The maximum absolute atomic E-state index is 9.89. The van der Waals surface area contributed by atoms with E-state index in [2.05, 4.69) is 11.5 Å². The molecule has 13 heavy (non-hydrogen) atoms. The summed E-state index contributed by atoms with van der Waals surface area (Å²) in [6.45, 7) is 0. The number of hydrogen-bond donors (Lipinski definition) is 3. The lowest BCUT2D eigenvalue weighted by molar-refractivity contribution is -0.115. The predicted molar refractivity (Wildman–Crippen MR) is 43.5 cm³/mol. The van der Waals surface area contributed by atoms with Gasteiger partial charge >= 0.3 is 6.03 Å². The fourth-order valence-corrected chi connectivity index (χ4v) is 0.527. The number of rotatable bonds is 2. The normalized spacial score (nSPS) is 10.8. The van der Waals surface area contributed by atoms with Crippen molar-refractivity contribution in [3.05, 3.63) is 24.2 Å². The highest BCUT2D eigenvalue weighted by atomic mass is 16.4. The van der Waals surface area contributed by atoms with Crippen molar-refractivity contribution in [2.75, 3.05) is 0 Å². The van der Waals surface area contributed by atoms with Crippen molar-refractivity contribution in [2.24, 2.45) is 11.5 Å². The number of primary amides is 2. The molecule has 6 heteroatoms. The molecule has 6 nitrogen and oxygen atoms in total. The molecule has 1 aromatic heterocycles. The zero-order chi connectivity index (χ0) is 10.3. The summed E-state index contributed by atoms with van der Waals surface area (Å²) in [5, 5.41) is 8.76. The maximum atomic E-state index is 9.89. The molecular weight excluding hydrogens is 176 g/mol. The minimum atomic E-state index is -1.11. The number of nitrogens with two attached hydrogens (primary N) is 2. The summed E-state index contributed by atoms with van der Waals surface area (Å²) in [4.78, 5) is 18.9. The highest BCUT2D eigenvalue weighted by Gasteiger charge is 2.06. The number of carbonyl (C=O) groups is 2. The molecule has 0 fully saturated rings. The topological polar surface area (TPSA) is 120 Å². The number of hydrogen-bond acceptors (Lipinski definition) is 4. The van der Waals surface area contributed by atoms with Gasteiger partial charge in [0.15, 0.2) is 12.4 Å². The van der Waals surface area contributed by atoms with Crippen molar-refractivity contribution in [1.29, 1.82) is 0 Å². The van der Waals surface area contributed by atoms with Crippen LogP contribution >= 0.6 is 0 Å². The molecule has 0 aromatic carbocycles. The predicted octanol–water partition coefficient (Wildman–Crippen LogP) is -0.464. The van der Waals surface area contributed by atoms with E-state index in [4.69, 9.17) is 14.3 Å². The van der Waals surface area contributed by atoms with E-state index in [0.717, 1.165) is 0 Å². The van der Waals surface area contributed by atoms with E-state index in [1.807, 2.05) is 0 Å². The first-order valence-electron chi connectivity index (χ1n) is 3.29. The van der Waals surface area contributed by atoms with E-state index in [-0.39, 0.29) is 5.76 Å². The average molecular weight is 186 g/mol. The number of aliphatic hydroxyl groups excluding tert-OH is 1. The van der Waals surface area contributed by atoms with Crippen LogP contribution in [-0.2, 0) is 4.79 Å². The molecule has 1 unspecified atom stereocenters. The van der Waals surface area contributed by atoms with Crippen LogP contribution in [0.15, 0.2) is 22.8 Å². The van der Waals surface area contributed by atoms with Crippen LogP contribution in [0.2, 0.25) is 0 Å². The van der Waals surface area contributed by atoms with Gasteiger partial charge in [0.2, 0.25) is 0 Å². The Labute approximate surface area is 74.1 Å². The Kier molecular flexibility index (Phi) is 4.97. The molecule has 1 atom stereocenters. The van der Waals surface area contributed by atoms with Crippen LogP contribution in [0.4, 0.5) is 4.79 Å². The van der Waals surface area contributed by atoms with Gasteiger partial charge in [-0.3, -0.25) is 4.79 Å². The van der Waals surface area contributed by atoms with E-state index >= 15 is 0 Å². The SMILES string of the molecule is NC(N)=O.O=CC(O)c1ccco1. The van der Waals surface area contributed by atoms with Gasteiger partial charge in [0.25, 0.3) is 0 Å². The largest absolute Gasteiger partial charge is 0.466 e. The fraction of sp³-hybridized carbons (Fsp3) is 0.143. The highest BCUT2D eigenvalue weighted by molar-refractivity contribution is 5.69. The second-order valence-corrected chi connectivity index (χ2v) is 2.00. The molecule has 0 bridgehead atoms. The smallest absolute Gasteiger partial charge is 0.309 e. The quantitative estimate of drug-likeness (QED) is 0.541. The summed E-state index contributed by atoms with van der Waals surface area (Å²) in [6.07, 6.45) is 0.709. The average Bonchev–Trinajstić information content (AvgIpc) is 2.54. The van der Waals surface area contributed by atoms with E-state index in [9.17, 15) is 4.79 Å². The van der Waals surface area contributed by atoms with Gasteiger partial charge in [0.1, 0.15) is 5.76 Å². The third-order valence-corrected chi connectivity index (χ3v) is 0.964. The van der Waals surface area contributed by atoms with Crippen molar-refractivity contribution >= 4 is 12.3 Å². The third-order valence-electron chi connectivity index (χ3n) is 0.964. The number of aldehydes is 1. The van der Waals surface area contributed by atoms with Gasteiger partial charge in [-0.2, -0.15) is 0 Å². The zero-order valence-electron chi connectivity index (χ0n) is 6.71. The molecule has 0 aliphatic rings. The number of carbonyl (C=O) groups excluding carboxylic acids is 2. The van der Waals surface area contributed by atoms with Gasteiger partial charge in [-0.1, -0.05) is 0 Å². The van der Waals surface area contributed by atoms with Crippen molar-refractivity contribution in [1.82, 2.24) is 0 Å². The molecule has 2 amide bonds. The molecular formula is C7H10N2O4. The van der Waals surface area contributed by atoms with Crippen LogP contribution in [0, 0.1) is 0 Å². The number of urea groups is 1. The van der Waals surface area contributed by atoms with Gasteiger partial charge in [-0.15, -0.1) is 0 Å². The lowest BCUT2D eigenvalue weighted by Gasteiger charge is -1.93. The number of furan rings is 1. The second kappa shape index (κ2) is 5.78. The minimum absolute atomic E-state index is 0.282. The van der Waals surface area contributed by atoms with Gasteiger partial charge in [0.05, 0.1) is 6.26 Å². The Morgan fingerprint density at radius 3 is 2.46 bits per heavy atom. The van der Waals surface area contributed by atoms with Crippen LogP contribution in [0.5, 0.6) is 0 Å². The van der Waals surface area contributed by atoms with Crippen molar-refractivity contribution in [3.8, 4) is 0 Å². The van der Waals surface area contributed by atoms with Crippen LogP contribution in [0.1, 0.15) is 11.9 Å². The molecule has 5 N–H and O–H groups in total. The molecule has 1 aromatic rings. The second-order valence-electron chi connectivity index (χ2n) is 2.00. The van der Waals surface area contributed by atoms with Gasteiger partial charge in [0, 0.05) is 0 Å². The molecule has 1 heterocycles. The minimum Gasteiger partial charge on any atom is -0.466 e. The first kappa shape index (κ1) is 11.2. The van der Waals surface area contributed by atoms with Crippen LogP contribution in [0.3, 0.4) is 0 Å². The summed E-state index contributed by atoms with van der Waals surface area (Å²) in [5.74, 6) is 0.282. The summed E-state index contributed by atoms with van der Waals surface area (Å²) in [6, 6.07) is 2.32. The molecule has 0 aliphatic heterocycles. The number of aliphatic hydroxyl groups is 1. The van der Waals surface area contributed by atoms with Crippen molar-refractivity contribution in [3.63, 3.8) is 0 Å². The number of amides is 2. The van der Waals surface area contributed by atoms with Crippen LogP contribution < -0.4 is 11.5 Å². The molecule has 0 spiro atoms. The Balaban J connectivity index is 0.000000310. The summed E-state index contributed by atoms with van der Waals surface area (Å²) in [5.41, 5.74) is 8.50. The first-order valence-corrected chi connectivity index (χ1v) is 3.29. The molecule has 0 aliphatic carbocycles. The monoisotopic (exact) mass is 186 g/mol. The fourth-order valence-electron chi connectivity index (χ4n) is 0.527. The summed E-state index contributed by atoms with van der Waals surface area (Å²) >= 11 is 0. The summed E-state index contributed by atoms with van der Waals surface area (Å²) in [7, 11) is 0. The lowest BCUT2D eigenvalue weighted by atomic mass is 10.3. The standard InChI is InChI=1S/C6H6O3.CH4N2O/c7-4-5(8)6-2-1-3-9-6;2-1(3)4/h1-5,8H;(H4,2,3,4). The Morgan fingerprint density at radius 2 is 2.15 bits per heavy atom. The molecule has 0 radical (unpaired) electrons. The molecule has 0 saturated heterocycles. The van der Waals surface area contributed by atoms with E-state index in [1.165, 1.54) is 6.26 Å². The Hall–Kier alpha value is -1.82. The highest BCUT2D eigenvalue weighted by Crippen LogP contribution is 2.08. The van der Waals surface area contributed by atoms with E-state index < -0.39 is 12.1 Å². The molecule has 1 rings (SSSR count). The summed E-state index contributed by atoms with van der Waals surface area (Å²) < 4.78 is 4.70. The van der Waals surface area contributed by atoms with Crippen molar-refractivity contribution in [2.45, 2.75) is 6.10 Å². The van der Waals surface area contributed by atoms with Crippen LogP contribution in [-0.4, -0.2) is 17.4 Å². The van der Waals surface area contributed by atoms with Gasteiger partial charge in [-0.25, -0.2) is 4.79 Å². The Morgan fingerprint density at radius 1 is 1.62 bits per heavy atom. The molecule has 72 valence electrons. The molecule has 0 saturated carbocycles. The van der Waals surface area contributed by atoms with Crippen LogP contribution in [0.25, 0.3) is 0 Å². The Bertz CT molecular complexity index is 253. The van der Waals surface area contributed by atoms with Gasteiger partial charge < -0.3 is 21.0 Å². The van der Waals surface area contributed by atoms with Crippen molar-refractivity contribution < 1.29 is 19.1 Å². The third kappa shape index (κ3) is 5.45. The first-order chi connectivity index (χ1) is 6.07. The zero-order valence-corrected chi connectivity index (χ0v) is 6.71. The van der Waals surface area contributed by atoms with E-state index in [0.29, 0.717) is 6.29 Å². The maximum Gasteiger partial charge on any atom is 0.309 e. The van der Waals surface area contributed by atoms with Gasteiger partial charge in [-0.05, 0) is 12.1 Å². The lowest BCUT2D eigenvalue weighted by Crippen LogP contribution is -2.18.